The van der Waals surface area contributed by atoms with Gasteiger partial charge in [0, 0.05) is 25.7 Å². The fourth-order valence-electron chi connectivity index (χ4n) is 1.93. The molecule has 0 saturated carbocycles. The molecular weight excluding hydrogens is 242 g/mol. The van der Waals surface area contributed by atoms with Gasteiger partial charge in [0.05, 0.1) is 0 Å². The second-order valence-corrected chi connectivity index (χ2v) is 4.46. The zero-order chi connectivity index (χ0) is 14.4. The number of hydrogen-bond acceptors (Lipinski definition) is 7. The summed E-state index contributed by atoms with van der Waals surface area (Å²) in [5.74, 6) is 7.15. The number of aromatic nitrogens is 3. The van der Waals surface area contributed by atoms with Crippen molar-refractivity contribution in [3.05, 3.63) is 0 Å². The summed E-state index contributed by atoms with van der Waals surface area (Å²) in [7, 11) is 0. The van der Waals surface area contributed by atoms with E-state index in [4.69, 9.17) is 5.84 Å². The molecule has 1 rings (SSSR count). The van der Waals surface area contributed by atoms with Gasteiger partial charge in [0.1, 0.15) is 0 Å². The van der Waals surface area contributed by atoms with Gasteiger partial charge in [-0.2, -0.15) is 15.0 Å². The van der Waals surface area contributed by atoms with Gasteiger partial charge in [-0.1, -0.05) is 0 Å². The first-order valence-electron chi connectivity index (χ1n) is 6.81. The lowest BCUT2D eigenvalue weighted by molar-refractivity contribution is 0.675. The number of hydrazine groups is 1. The van der Waals surface area contributed by atoms with Crippen molar-refractivity contribution in [1.82, 2.24) is 15.0 Å². The third kappa shape index (κ3) is 3.66. The van der Waals surface area contributed by atoms with E-state index in [0.29, 0.717) is 23.9 Å². The molecule has 1 heterocycles. The standard InChI is InChI=1S/C12H25N7/c1-6-18(7-2)11-14-10(17-13)15-12(16-11)19(8-3)9(4)5/h9H,6-8,13H2,1-5H3,(H,14,15,16,17). The molecule has 0 spiro atoms. The summed E-state index contributed by atoms with van der Waals surface area (Å²) in [4.78, 5) is 17.4. The molecule has 0 aromatic carbocycles. The minimum atomic E-state index is 0.322. The van der Waals surface area contributed by atoms with Crippen molar-refractivity contribution in [2.75, 3.05) is 34.9 Å². The van der Waals surface area contributed by atoms with E-state index in [2.05, 4.69) is 64.8 Å². The van der Waals surface area contributed by atoms with Gasteiger partial charge in [0.2, 0.25) is 17.8 Å². The van der Waals surface area contributed by atoms with Crippen LogP contribution in [-0.2, 0) is 0 Å². The molecule has 1 aromatic rings. The van der Waals surface area contributed by atoms with Gasteiger partial charge < -0.3 is 9.80 Å². The maximum atomic E-state index is 5.45. The van der Waals surface area contributed by atoms with E-state index in [1.54, 1.807) is 0 Å². The average Bonchev–Trinajstić information content (AvgIpc) is 2.40. The Bertz CT molecular complexity index is 390. The van der Waals surface area contributed by atoms with Crippen LogP contribution in [0.2, 0.25) is 0 Å². The lowest BCUT2D eigenvalue weighted by Gasteiger charge is -2.27. The molecule has 0 aliphatic carbocycles. The van der Waals surface area contributed by atoms with E-state index in [9.17, 15) is 0 Å². The quantitative estimate of drug-likeness (QED) is 0.568. The number of nitrogens with one attached hydrogen (secondary N) is 1. The summed E-state index contributed by atoms with van der Waals surface area (Å²) in [6.45, 7) is 13.0. The van der Waals surface area contributed by atoms with Crippen LogP contribution in [0.1, 0.15) is 34.6 Å². The van der Waals surface area contributed by atoms with E-state index in [1.807, 2.05) is 0 Å². The molecule has 0 radical (unpaired) electrons. The van der Waals surface area contributed by atoms with Crippen molar-refractivity contribution in [3.63, 3.8) is 0 Å². The summed E-state index contributed by atoms with van der Waals surface area (Å²) in [6.07, 6.45) is 0. The number of nitrogen functional groups attached to an aromatic ring is 1. The van der Waals surface area contributed by atoms with Crippen LogP contribution in [0.25, 0.3) is 0 Å². The van der Waals surface area contributed by atoms with Gasteiger partial charge >= 0.3 is 0 Å². The van der Waals surface area contributed by atoms with Crippen molar-refractivity contribution >= 4 is 17.8 Å². The topological polar surface area (TPSA) is 83.2 Å². The minimum Gasteiger partial charge on any atom is -0.341 e. The first-order chi connectivity index (χ1) is 9.07. The van der Waals surface area contributed by atoms with Gasteiger partial charge in [0.15, 0.2) is 0 Å². The average molecular weight is 267 g/mol. The van der Waals surface area contributed by atoms with Crippen molar-refractivity contribution in [2.45, 2.75) is 40.7 Å². The smallest absolute Gasteiger partial charge is 0.243 e. The first kappa shape index (κ1) is 15.4. The summed E-state index contributed by atoms with van der Waals surface area (Å²) < 4.78 is 0. The van der Waals surface area contributed by atoms with Crippen LogP contribution in [0, 0.1) is 0 Å². The summed E-state index contributed by atoms with van der Waals surface area (Å²) in [5.41, 5.74) is 2.51. The van der Waals surface area contributed by atoms with Crippen LogP contribution in [0.3, 0.4) is 0 Å². The normalized spacial score (nSPS) is 10.7. The van der Waals surface area contributed by atoms with Gasteiger partial charge in [0.25, 0.3) is 0 Å². The molecule has 7 heteroatoms. The number of rotatable bonds is 7. The lowest BCUT2D eigenvalue weighted by atomic mass is 10.3. The Hall–Kier alpha value is -1.63. The molecule has 7 nitrogen and oxygen atoms in total. The highest BCUT2D eigenvalue weighted by Crippen LogP contribution is 2.17. The fourth-order valence-corrected chi connectivity index (χ4v) is 1.93. The van der Waals surface area contributed by atoms with Crippen LogP contribution in [-0.4, -0.2) is 40.6 Å². The molecule has 0 aliphatic rings. The highest BCUT2D eigenvalue weighted by atomic mass is 15.4. The molecule has 0 aliphatic heterocycles. The third-order valence-corrected chi connectivity index (χ3v) is 3.01. The predicted molar refractivity (Wildman–Crippen MR) is 79.4 cm³/mol. The molecule has 0 atom stereocenters. The van der Waals surface area contributed by atoms with Crippen molar-refractivity contribution in [1.29, 1.82) is 0 Å². The molecule has 0 fully saturated rings. The zero-order valence-electron chi connectivity index (χ0n) is 12.5. The van der Waals surface area contributed by atoms with Gasteiger partial charge in [-0.3, -0.25) is 5.43 Å². The van der Waals surface area contributed by atoms with Crippen LogP contribution < -0.4 is 21.1 Å². The molecule has 0 unspecified atom stereocenters. The van der Waals surface area contributed by atoms with E-state index in [1.165, 1.54) is 0 Å². The first-order valence-corrected chi connectivity index (χ1v) is 6.81. The molecule has 1 aromatic heterocycles. The monoisotopic (exact) mass is 267 g/mol. The summed E-state index contributed by atoms with van der Waals surface area (Å²) in [6, 6.07) is 0.322. The lowest BCUT2D eigenvalue weighted by Crippen LogP contribution is -2.34. The maximum absolute atomic E-state index is 5.45. The van der Waals surface area contributed by atoms with Gasteiger partial charge in [-0.05, 0) is 34.6 Å². The van der Waals surface area contributed by atoms with Crippen molar-refractivity contribution in [2.24, 2.45) is 5.84 Å². The largest absolute Gasteiger partial charge is 0.341 e. The fraction of sp³-hybridized carbons (Fsp3) is 0.750. The zero-order valence-corrected chi connectivity index (χ0v) is 12.5. The number of nitrogens with two attached hydrogens (primary N) is 1. The Morgan fingerprint density at radius 3 is 2.00 bits per heavy atom. The maximum Gasteiger partial charge on any atom is 0.243 e. The number of nitrogens with zero attached hydrogens (tertiary/aromatic N) is 5. The van der Waals surface area contributed by atoms with E-state index < -0.39 is 0 Å². The Kier molecular flexibility index (Phi) is 5.75. The molecule has 0 saturated heterocycles. The Morgan fingerprint density at radius 1 is 1.00 bits per heavy atom. The number of hydrogen-bond donors (Lipinski definition) is 2. The highest BCUT2D eigenvalue weighted by molar-refractivity contribution is 5.45. The molecular formula is C12H25N7. The second-order valence-electron chi connectivity index (χ2n) is 4.46. The molecule has 3 N–H and O–H groups in total. The molecule has 108 valence electrons. The molecule has 0 bridgehead atoms. The van der Waals surface area contributed by atoms with E-state index in [-0.39, 0.29) is 0 Å². The SMILES string of the molecule is CCN(CC)c1nc(NN)nc(N(CC)C(C)C)n1. The van der Waals surface area contributed by atoms with Crippen molar-refractivity contribution < 1.29 is 0 Å². The van der Waals surface area contributed by atoms with Gasteiger partial charge in [-0.25, -0.2) is 5.84 Å². The van der Waals surface area contributed by atoms with E-state index >= 15 is 0 Å². The molecule has 0 amide bonds. The number of anilines is 3. The highest BCUT2D eigenvalue weighted by Gasteiger charge is 2.16. The van der Waals surface area contributed by atoms with Crippen molar-refractivity contribution in [3.8, 4) is 0 Å². The Balaban J connectivity index is 3.21. The third-order valence-electron chi connectivity index (χ3n) is 3.01. The van der Waals surface area contributed by atoms with Gasteiger partial charge in [-0.15, -0.1) is 0 Å². The van der Waals surface area contributed by atoms with Crippen LogP contribution in [0.5, 0.6) is 0 Å². The molecule has 19 heavy (non-hydrogen) atoms. The summed E-state index contributed by atoms with van der Waals surface area (Å²) >= 11 is 0. The van der Waals surface area contributed by atoms with Crippen LogP contribution in [0.15, 0.2) is 0 Å². The summed E-state index contributed by atoms with van der Waals surface area (Å²) in [5, 5.41) is 0. The minimum absolute atomic E-state index is 0.322. The van der Waals surface area contributed by atoms with Crippen LogP contribution >= 0.6 is 0 Å². The Labute approximate surface area is 115 Å². The predicted octanol–water partition coefficient (Wildman–Crippen LogP) is 1.24. The Morgan fingerprint density at radius 2 is 1.58 bits per heavy atom. The van der Waals surface area contributed by atoms with E-state index in [0.717, 1.165) is 19.6 Å². The second kappa shape index (κ2) is 7.08. The van der Waals surface area contributed by atoms with Crippen LogP contribution in [0.4, 0.5) is 17.8 Å².